The molecule has 88 valence electrons. The lowest BCUT2D eigenvalue weighted by molar-refractivity contribution is 0.102. The minimum atomic E-state index is -0.386. The molecule has 2 aromatic heterocycles. The molecule has 0 bridgehead atoms. The summed E-state index contributed by atoms with van der Waals surface area (Å²) in [5, 5.41) is 2.65. The fraction of sp³-hybridized carbons (Fsp3) is 0.100. The number of aromatic nitrogens is 2. The summed E-state index contributed by atoms with van der Waals surface area (Å²) < 4.78 is 9.69. The number of rotatable bonds is 3. The predicted octanol–water partition coefficient (Wildman–Crippen LogP) is 1.98. The number of amides is 1. The molecule has 0 aliphatic carbocycles. The number of furan rings is 1. The van der Waals surface area contributed by atoms with Crippen LogP contribution in [0.25, 0.3) is 0 Å². The van der Waals surface area contributed by atoms with E-state index in [9.17, 15) is 4.79 Å². The summed E-state index contributed by atoms with van der Waals surface area (Å²) in [5.74, 6) is -0.0453. The molecule has 17 heavy (non-hydrogen) atoms. The van der Waals surface area contributed by atoms with Crippen LogP contribution in [0.15, 0.2) is 29.1 Å². The Morgan fingerprint density at radius 3 is 3.00 bits per heavy atom. The Morgan fingerprint density at radius 2 is 2.35 bits per heavy atom. The number of nitrogens with one attached hydrogen (secondary N) is 1. The van der Waals surface area contributed by atoms with Crippen molar-refractivity contribution in [2.45, 2.75) is 0 Å². The van der Waals surface area contributed by atoms with Crippen molar-refractivity contribution in [3.8, 4) is 5.88 Å². The van der Waals surface area contributed by atoms with Crippen LogP contribution in [0.1, 0.15) is 10.4 Å². The van der Waals surface area contributed by atoms with E-state index in [2.05, 4.69) is 15.3 Å². The van der Waals surface area contributed by atoms with Gasteiger partial charge in [0, 0.05) is 6.07 Å². The maximum Gasteiger partial charge on any atom is 0.261 e. The molecular weight excluding hydrogens is 246 g/mol. The average Bonchev–Trinajstić information content (AvgIpc) is 2.81. The van der Waals surface area contributed by atoms with Crippen molar-refractivity contribution in [1.82, 2.24) is 9.97 Å². The van der Waals surface area contributed by atoms with Gasteiger partial charge < -0.3 is 9.15 Å². The van der Waals surface area contributed by atoms with Crippen LogP contribution in [0.5, 0.6) is 5.88 Å². The second-order valence-corrected chi connectivity index (χ2v) is 3.41. The number of hydrogen-bond donors (Lipinski definition) is 1. The van der Waals surface area contributed by atoms with Crippen LogP contribution in [0.4, 0.5) is 5.95 Å². The van der Waals surface area contributed by atoms with Gasteiger partial charge in [-0.15, -0.1) is 0 Å². The molecule has 0 saturated heterocycles. The van der Waals surface area contributed by atoms with E-state index in [1.54, 1.807) is 0 Å². The van der Waals surface area contributed by atoms with Crippen molar-refractivity contribution in [1.29, 1.82) is 0 Å². The zero-order valence-electron chi connectivity index (χ0n) is 8.81. The minimum Gasteiger partial charge on any atom is -0.481 e. The van der Waals surface area contributed by atoms with Crippen molar-refractivity contribution in [2.24, 2.45) is 0 Å². The van der Waals surface area contributed by atoms with Crippen LogP contribution in [-0.2, 0) is 0 Å². The standard InChI is InChI=1S/C10H8ClN3O3/c1-16-8-4-7(11)12-10(13-8)14-9(15)6-2-3-17-5-6/h2-5H,1H3,(H,12,13,14,15). The summed E-state index contributed by atoms with van der Waals surface area (Å²) in [4.78, 5) is 19.4. The largest absolute Gasteiger partial charge is 0.481 e. The highest BCUT2D eigenvalue weighted by Crippen LogP contribution is 2.16. The van der Waals surface area contributed by atoms with E-state index >= 15 is 0 Å². The quantitative estimate of drug-likeness (QED) is 0.847. The predicted molar refractivity (Wildman–Crippen MR) is 60.3 cm³/mol. The van der Waals surface area contributed by atoms with Crippen molar-refractivity contribution < 1.29 is 13.9 Å². The molecule has 0 fully saturated rings. The second kappa shape index (κ2) is 4.84. The maximum absolute atomic E-state index is 11.7. The molecule has 0 saturated carbocycles. The van der Waals surface area contributed by atoms with Crippen LogP contribution in [0.2, 0.25) is 5.15 Å². The highest BCUT2D eigenvalue weighted by molar-refractivity contribution is 6.29. The lowest BCUT2D eigenvalue weighted by atomic mass is 10.3. The van der Waals surface area contributed by atoms with Crippen LogP contribution < -0.4 is 10.1 Å². The van der Waals surface area contributed by atoms with E-state index in [0.29, 0.717) is 5.56 Å². The molecular formula is C10H8ClN3O3. The number of anilines is 1. The highest BCUT2D eigenvalue weighted by Gasteiger charge is 2.10. The molecule has 0 aliphatic rings. The Hall–Kier alpha value is -2.08. The van der Waals surface area contributed by atoms with Gasteiger partial charge in [-0.05, 0) is 6.07 Å². The van der Waals surface area contributed by atoms with Crippen molar-refractivity contribution in [3.05, 3.63) is 35.4 Å². The third kappa shape index (κ3) is 2.73. The SMILES string of the molecule is COc1cc(Cl)nc(NC(=O)c2ccoc2)n1. The molecule has 1 N–H and O–H groups in total. The van der Waals surface area contributed by atoms with Gasteiger partial charge in [-0.1, -0.05) is 11.6 Å². The summed E-state index contributed by atoms with van der Waals surface area (Å²) >= 11 is 5.74. The van der Waals surface area contributed by atoms with Crippen molar-refractivity contribution >= 4 is 23.5 Å². The van der Waals surface area contributed by atoms with E-state index in [0.717, 1.165) is 0 Å². The van der Waals surface area contributed by atoms with E-state index < -0.39 is 0 Å². The Kier molecular flexibility index (Phi) is 3.24. The number of carbonyl (C=O) groups excluding carboxylic acids is 1. The summed E-state index contributed by atoms with van der Waals surface area (Å²) in [6, 6.07) is 2.96. The zero-order chi connectivity index (χ0) is 12.3. The molecule has 2 aromatic rings. The van der Waals surface area contributed by atoms with E-state index in [4.69, 9.17) is 20.8 Å². The minimum absolute atomic E-state index is 0.0700. The molecule has 0 atom stereocenters. The van der Waals surface area contributed by atoms with Gasteiger partial charge in [-0.3, -0.25) is 10.1 Å². The highest BCUT2D eigenvalue weighted by atomic mass is 35.5. The van der Waals surface area contributed by atoms with Gasteiger partial charge >= 0.3 is 0 Å². The third-order valence-corrected chi connectivity index (χ3v) is 2.08. The first-order valence-corrected chi connectivity index (χ1v) is 4.99. The fourth-order valence-corrected chi connectivity index (χ4v) is 1.30. The average molecular weight is 254 g/mol. The van der Waals surface area contributed by atoms with Crippen molar-refractivity contribution in [2.75, 3.05) is 12.4 Å². The summed E-state index contributed by atoms with van der Waals surface area (Å²) in [6.45, 7) is 0. The fourth-order valence-electron chi connectivity index (χ4n) is 1.12. The van der Waals surface area contributed by atoms with E-state index in [1.165, 1.54) is 31.8 Å². The normalized spacial score (nSPS) is 10.0. The first-order valence-electron chi connectivity index (χ1n) is 4.61. The molecule has 0 aromatic carbocycles. The zero-order valence-corrected chi connectivity index (χ0v) is 9.56. The lowest BCUT2D eigenvalue weighted by Gasteiger charge is -2.04. The third-order valence-electron chi connectivity index (χ3n) is 1.89. The lowest BCUT2D eigenvalue weighted by Crippen LogP contribution is -2.13. The molecule has 6 nitrogen and oxygen atoms in total. The monoisotopic (exact) mass is 253 g/mol. The van der Waals surface area contributed by atoms with E-state index in [1.807, 2.05) is 0 Å². The number of nitrogens with zero attached hydrogens (tertiary/aromatic N) is 2. The summed E-state index contributed by atoms with van der Waals surface area (Å²) in [6.07, 6.45) is 2.71. The Bertz CT molecular complexity index is 528. The van der Waals surface area contributed by atoms with Gasteiger partial charge in [-0.2, -0.15) is 4.98 Å². The summed E-state index contributed by atoms with van der Waals surface area (Å²) in [5.41, 5.74) is 0.368. The molecule has 0 aliphatic heterocycles. The molecule has 7 heteroatoms. The number of methoxy groups -OCH3 is 1. The number of ether oxygens (including phenoxy) is 1. The van der Waals surface area contributed by atoms with Crippen LogP contribution >= 0.6 is 11.6 Å². The van der Waals surface area contributed by atoms with E-state index in [-0.39, 0.29) is 22.9 Å². The molecule has 0 radical (unpaired) electrons. The van der Waals surface area contributed by atoms with Gasteiger partial charge in [0.2, 0.25) is 11.8 Å². The number of hydrogen-bond acceptors (Lipinski definition) is 5. The van der Waals surface area contributed by atoms with Gasteiger partial charge in [0.25, 0.3) is 5.91 Å². The Labute approximate surface area is 102 Å². The van der Waals surface area contributed by atoms with Gasteiger partial charge in [0.05, 0.1) is 18.9 Å². The maximum atomic E-state index is 11.7. The molecule has 0 spiro atoms. The molecule has 1 amide bonds. The second-order valence-electron chi connectivity index (χ2n) is 3.02. The number of halogens is 1. The molecule has 2 heterocycles. The summed E-state index contributed by atoms with van der Waals surface area (Å²) in [7, 11) is 1.44. The first kappa shape index (κ1) is 11.4. The van der Waals surface area contributed by atoms with Crippen molar-refractivity contribution in [3.63, 3.8) is 0 Å². The molecule has 2 rings (SSSR count). The Balaban J connectivity index is 2.18. The van der Waals surface area contributed by atoms with Gasteiger partial charge in [0.1, 0.15) is 11.4 Å². The van der Waals surface area contributed by atoms with Crippen LogP contribution in [0, 0.1) is 0 Å². The first-order chi connectivity index (χ1) is 8.19. The van der Waals surface area contributed by atoms with Crippen LogP contribution in [0.3, 0.4) is 0 Å². The molecule has 0 unspecified atom stereocenters. The topological polar surface area (TPSA) is 77.2 Å². The Morgan fingerprint density at radius 1 is 1.53 bits per heavy atom. The number of carbonyl (C=O) groups is 1. The van der Waals surface area contributed by atoms with Crippen LogP contribution in [-0.4, -0.2) is 23.0 Å². The van der Waals surface area contributed by atoms with Gasteiger partial charge in [-0.25, -0.2) is 4.98 Å². The smallest absolute Gasteiger partial charge is 0.261 e. The van der Waals surface area contributed by atoms with Gasteiger partial charge in [0.15, 0.2) is 0 Å².